The number of halogens is 1. The van der Waals surface area contributed by atoms with Crippen LogP contribution in [0.25, 0.3) is 0 Å². The molecule has 1 aromatic carbocycles. The fourth-order valence-electron chi connectivity index (χ4n) is 2.01. The van der Waals surface area contributed by atoms with Gasteiger partial charge < -0.3 is 9.64 Å². The first-order valence-corrected chi connectivity index (χ1v) is 8.64. The second-order valence-electron chi connectivity index (χ2n) is 4.80. The molecule has 0 aliphatic carbocycles. The number of carbonyl (C=O) groups excluding carboxylic acids is 1. The van der Waals surface area contributed by atoms with E-state index in [2.05, 4.69) is 0 Å². The minimum absolute atomic E-state index is 0.155. The van der Waals surface area contributed by atoms with Gasteiger partial charge in [0.25, 0.3) is 5.91 Å². The van der Waals surface area contributed by atoms with Gasteiger partial charge in [0.2, 0.25) is 10.0 Å². The van der Waals surface area contributed by atoms with Gasteiger partial charge in [0, 0.05) is 25.7 Å². The third kappa shape index (κ3) is 3.66. The summed E-state index contributed by atoms with van der Waals surface area (Å²) in [6.45, 7) is 2.07. The van der Waals surface area contributed by atoms with Crippen LogP contribution in [0, 0.1) is 0 Å². The molecule has 8 heteroatoms. The molecule has 21 heavy (non-hydrogen) atoms. The van der Waals surface area contributed by atoms with Crippen molar-refractivity contribution in [2.45, 2.75) is 0 Å². The molecule has 1 fully saturated rings. The molecule has 0 radical (unpaired) electrons. The number of anilines is 1. The van der Waals surface area contributed by atoms with Crippen LogP contribution < -0.4 is 4.31 Å². The summed E-state index contributed by atoms with van der Waals surface area (Å²) in [4.78, 5) is 14.1. The first-order valence-electron chi connectivity index (χ1n) is 6.41. The predicted molar refractivity (Wildman–Crippen MR) is 81.4 cm³/mol. The van der Waals surface area contributed by atoms with Crippen LogP contribution in [0.1, 0.15) is 10.4 Å². The summed E-state index contributed by atoms with van der Waals surface area (Å²) >= 11 is 6.04. The predicted octanol–water partition coefficient (Wildman–Crippen LogP) is 1.21. The average molecular weight is 333 g/mol. The second kappa shape index (κ2) is 6.21. The Hall–Kier alpha value is -1.31. The molecular formula is C13H17ClN2O4S. The van der Waals surface area contributed by atoms with E-state index < -0.39 is 10.0 Å². The first-order chi connectivity index (χ1) is 9.80. The Morgan fingerprint density at radius 3 is 2.52 bits per heavy atom. The fourth-order valence-corrected chi connectivity index (χ4v) is 2.82. The highest BCUT2D eigenvalue weighted by molar-refractivity contribution is 7.92. The maximum atomic E-state index is 12.4. The van der Waals surface area contributed by atoms with Gasteiger partial charge in [-0.1, -0.05) is 11.6 Å². The lowest BCUT2D eigenvalue weighted by Crippen LogP contribution is -2.40. The van der Waals surface area contributed by atoms with Gasteiger partial charge in [-0.15, -0.1) is 0 Å². The molecule has 0 unspecified atom stereocenters. The van der Waals surface area contributed by atoms with E-state index in [0.29, 0.717) is 37.6 Å². The van der Waals surface area contributed by atoms with E-state index in [-0.39, 0.29) is 10.9 Å². The largest absolute Gasteiger partial charge is 0.378 e. The number of hydrogen-bond acceptors (Lipinski definition) is 4. The minimum atomic E-state index is -3.44. The molecule has 0 N–H and O–H groups in total. The van der Waals surface area contributed by atoms with E-state index in [0.717, 1.165) is 10.6 Å². The summed E-state index contributed by atoms with van der Waals surface area (Å²) in [5.74, 6) is -0.155. The Bertz CT molecular complexity index is 642. The van der Waals surface area contributed by atoms with Crippen molar-refractivity contribution in [3.8, 4) is 0 Å². The van der Waals surface area contributed by atoms with Gasteiger partial charge in [0.15, 0.2) is 0 Å². The zero-order valence-corrected chi connectivity index (χ0v) is 13.4. The van der Waals surface area contributed by atoms with Gasteiger partial charge in [-0.2, -0.15) is 0 Å². The molecule has 116 valence electrons. The summed E-state index contributed by atoms with van der Waals surface area (Å²) < 4.78 is 29.5. The Kier molecular flexibility index (Phi) is 4.75. The van der Waals surface area contributed by atoms with Crippen molar-refractivity contribution < 1.29 is 17.9 Å². The minimum Gasteiger partial charge on any atom is -0.378 e. The van der Waals surface area contributed by atoms with Crippen molar-refractivity contribution in [2.24, 2.45) is 0 Å². The first kappa shape index (κ1) is 16.1. The monoisotopic (exact) mass is 332 g/mol. The van der Waals surface area contributed by atoms with E-state index in [9.17, 15) is 13.2 Å². The van der Waals surface area contributed by atoms with Gasteiger partial charge in [0.1, 0.15) is 0 Å². The van der Waals surface area contributed by atoms with Crippen molar-refractivity contribution in [1.29, 1.82) is 0 Å². The molecule has 2 rings (SSSR count). The van der Waals surface area contributed by atoms with Gasteiger partial charge >= 0.3 is 0 Å². The highest BCUT2D eigenvalue weighted by Gasteiger charge is 2.21. The zero-order valence-electron chi connectivity index (χ0n) is 11.9. The topological polar surface area (TPSA) is 66.9 Å². The number of benzene rings is 1. The van der Waals surface area contributed by atoms with Crippen LogP contribution >= 0.6 is 11.6 Å². The third-order valence-electron chi connectivity index (χ3n) is 3.33. The van der Waals surface area contributed by atoms with Crippen LogP contribution in [-0.4, -0.2) is 58.8 Å². The molecular weight excluding hydrogens is 316 g/mol. The van der Waals surface area contributed by atoms with Crippen LogP contribution in [0.5, 0.6) is 0 Å². The lowest BCUT2D eigenvalue weighted by Gasteiger charge is -2.27. The van der Waals surface area contributed by atoms with Gasteiger partial charge in [-0.3, -0.25) is 9.10 Å². The summed E-state index contributed by atoms with van der Waals surface area (Å²) in [5.41, 5.74) is 0.699. The van der Waals surface area contributed by atoms with Crippen LogP contribution in [0.3, 0.4) is 0 Å². The summed E-state index contributed by atoms with van der Waals surface area (Å²) in [7, 11) is -2.04. The number of carbonyl (C=O) groups is 1. The standard InChI is InChI=1S/C13H17ClN2O4S/c1-15(21(2,18)19)12-9-10(3-4-11(12)14)13(17)16-5-7-20-8-6-16/h3-4,9H,5-8H2,1-2H3. The molecule has 1 aromatic rings. The molecule has 1 heterocycles. The maximum Gasteiger partial charge on any atom is 0.254 e. The summed E-state index contributed by atoms with van der Waals surface area (Å²) in [6, 6.07) is 4.63. The zero-order chi connectivity index (χ0) is 15.6. The Morgan fingerprint density at radius 2 is 1.95 bits per heavy atom. The van der Waals surface area contributed by atoms with Crippen molar-refractivity contribution in [3.63, 3.8) is 0 Å². The van der Waals surface area contributed by atoms with E-state index in [1.54, 1.807) is 11.0 Å². The van der Waals surface area contributed by atoms with Crippen molar-refractivity contribution in [3.05, 3.63) is 28.8 Å². The van der Waals surface area contributed by atoms with Crippen LogP contribution in [-0.2, 0) is 14.8 Å². The lowest BCUT2D eigenvalue weighted by molar-refractivity contribution is 0.0303. The van der Waals surface area contributed by atoms with E-state index in [4.69, 9.17) is 16.3 Å². The third-order valence-corrected chi connectivity index (χ3v) is 4.84. The summed E-state index contributed by atoms with van der Waals surface area (Å²) in [6.07, 6.45) is 1.08. The molecule has 1 aliphatic rings. The number of ether oxygens (including phenoxy) is 1. The van der Waals surface area contributed by atoms with Gasteiger partial charge in [-0.05, 0) is 18.2 Å². The molecule has 0 saturated carbocycles. The van der Waals surface area contributed by atoms with E-state index >= 15 is 0 Å². The number of morpholine rings is 1. The normalized spacial score (nSPS) is 15.9. The Morgan fingerprint density at radius 1 is 1.33 bits per heavy atom. The SMILES string of the molecule is CN(c1cc(C(=O)N2CCOCC2)ccc1Cl)S(C)(=O)=O. The highest BCUT2D eigenvalue weighted by Crippen LogP contribution is 2.28. The summed E-state index contributed by atoms with van der Waals surface area (Å²) in [5, 5.41) is 0.279. The lowest BCUT2D eigenvalue weighted by atomic mass is 10.1. The highest BCUT2D eigenvalue weighted by atomic mass is 35.5. The molecule has 0 atom stereocenters. The van der Waals surface area contributed by atoms with Gasteiger partial charge in [-0.25, -0.2) is 8.42 Å². The number of hydrogen-bond donors (Lipinski definition) is 0. The van der Waals surface area contributed by atoms with Crippen LogP contribution in [0.15, 0.2) is 18.2 Å². The molecule has 1 amide bonds. The Balaban J connectivity index is 2.32. The van der Waals surface area contributed by atoms with Crippen molar-refractivity contribution in [2.75, 3.05) is 43.9 Å². The average Bonchev–Trinajstić information content (AvgIpc) is 2.46. The number of amides is 1. The molecule has 6 nitrogen and oxygen atoms in total. The van der Waals surface area contributed by atoms with E-state index in [1.807, 2.05) is 0 Å². The molecule has 0 aromatic heterocycles. The van der Waals surface area contributed by atoms with Gasteiger partial charge in [0.05, 0.1) is 30.2 Å². The van der Waals surface area contributed by atoms with Crippen LogP contribution in [0.2, 0.25) is 5.02 Å². The maximum absolute atomic E-state index is 12.4. The second-order valence-corrected chi connectivity index (χ2v) is 7.22. The van der Waals surface area contributed by atoms with Crippen molar-refractivity contribution in [1.82, 2.24) is 4.90 Å². The van der Waals surface area contributed by atoms with E-state index in [1.165, 1.54) is 19.2 Å². The number of nitrogens with zero attached hydrogens (tertiary/aromatic N) is 2. The molecule has 1 saturated heterocycles. The quantitative estimate of drug-likeness (QED) is 0.834. The Labute approximate surface area is 129 Å². The number of sulfonamides is 1. The smallest absolute Gasteiger partial charge is 0.254 e. The van der Waals surface area contributed by atoms with Crippen LogP contribution in [0.4, 0.5) is 5.69 Å². The van der Waals surface area contributed by atoms with Crippen molar-refractivity contribution >= 4 is 33.2 Å². The number of rotatable bonds is 3. The molecule has 0 spiro atoms. The molecule has 1 aliphatic heterocycles. The molecule has 0 bridgehead atoms. The fraction of sp³-hybridized carbons (Fsp3) is 0.462.